The number of carbonyl (C=O) groups is 2. The minimum atomic E-state index is -0.362. The van der Waals surface area contributed by atoms with Crippen molar-refractivity contribution in [2.45, 2.75) is 4.90 Å². The lowest BCUT2D eigenvalue weighted by atomic mass is 9.94. The van der Waals surface area contributed by atoms with Crippen LogP contribution in [0.2, 0.25) is 5.02 Å². The number of phenolic OH excluding ortho intramolecular Hbond substituents is 1. The number of fused-ring (bicyclic) bond motifs is 1. The Morgan fingerprint density at radius 3 is 2.43 bits per heavy atom. The molecule has 0 amide bonds. The number of allylic oxidation sites excluding steroid dienone is 2. The SMILES string of the molecule is O=C1C(Sc2ccc(Cl)cc2)=CC(=O)c2c(O)cccc21. The van der Waals surface area contributed by atoms with Crippen molar-refractivity contribution in [2.75, 3.05) is 0 Å². The first-order valence-corrected chi connectivity index (χ1v) is 7.32. The van der Waals surface area contributed by atoms with Crippen molar-refractivity contribution in [1.29, 1.82) is 0 Å². The number of benzene rings is 2. The molecular weight excluding hydrogens is 308 g/mol. The van der Waals surface area contributed by atoms with Crippen LogP contribution in [0, 0.1) is 0 Å². The standard InChI is InChI=1S/C16H9ClO3S/c17-9-4-6-10(7-5-9)21-14-8-13(19)15-11(16(14)20)2-1-3-12(15)18/h1-8,18H. The number of ketones is 2. The first-order valence-electron chi connectivity index (χ1n) is 6.12. The third-order valence-corrected chi connectivity index (χ3v) is 4.34. The molecule has 3 nitrogen and oxygen atoms in total. The van der Waals surface area contributed by atoms with Crippen molar-refractivity contribution in [3.8, 4) is 5.75 Å². The van der Waals surface area contributed by atoms with E-state index in [2.05, 4.69) is 0 Å². The zero-order chi connectivity index (χ0) is 15.0. The summed E-state index contributed by atoms with van der Waals surface area (Å²) in [6.07, 6.45) is 1.27. The average Bonchev–Trinajstić information content (AvgIpc) is 2.46. The molecule has 2 aromatic carbocycles. The van der Waals surface area contributed by atoms with Gasteiger partial charge in [-0.3, -0.25) is 9.59 Å². The molecule has 0 fully saturated rings. The maximum atomic E-state index is 12.4. The normalized spacial score (nSPS) is 13.9. The van der Waals surface area contributed by atoms with Gasteiger partial charge in [-0.25, -0.2) is 0 Å². The third-order valence-electron chi connectivity index (χ3n) is 3.06. The summed E-state index contributed by atoms with van der Waals surface area (Å²) >= 11 is 7.02. The average molecular weight is 317 g/mol. The van der Waals surface area contributed by atoms with E-state index >= 15 is 0 Å². The largest absolute Gasteiger partial charge is 0.507 e. The quantitative estimate of drug-likeness (QED) is 0.906. The molecule has 0 radical (unpaired) electrons. The fourth-order valence-electron chi connectivity index (χ4n) is 2.08. The second-order valence-electron chi connectivity index (χ2n) is 4.46. The number of rotatable bonds is 2. The molecule has 1 aliphatic rings. The van der Waals surface area contributed by atoms with Crippen LogP contribution in [0.4, 0.5) is 0 Å². The van der Waals surface area contributed by atoms with Crippen molar-refractivity contribution in [3.63, 3.8) is 0 Å². The molecule has 0 aliphatic heterocycles. The van der Waals surface area contributed by atoms with Gasteiger partial charge in [-0.1, -0.05) is 29.4 Å². The van der Waals surface area contributed by atoms with Gasteiger partial charge >= 0.3 is 0 Å². The van der Waals surface area contributed by atoms with Gasteiger partial charge in [0.1, 0.15) is 5.75 Å². The van der Waals surface area contributed by atoms with E-state index in [1.165, 1.54) is 23.9 Å². The summed E-state index contributed by atoms with van der Waals surface area (Å²) in [4.78, 5) is 25.6. The highest BCUT2D eigenvalue weighted by Gasteiger charge is 2.28. The molecule has 0 bridgehead atoms. The first kappa shape index (κ1) is 13.9. The summed E-state index contributed by atoms with van der Waals surface area (Å²) in [6, 6.07) is 11.5. The summed E-state index contributed by atoms with van der Waals surface area (Å²) in [6.45, 7) is 0. The number of hydrogen-bond acceptors (Lipinski definition) is 4. The molecule has 3 rings (SSSR count). The second-order valence-corrected chi connectivity index (χ2v) is 6.01. The minimum Gasteiger partial charge on any atom is -0.507 e. The Hall–Kier alpha value is -2.04. The monoisotopic (exact) mass is 316 g/mol. The highest BCUT2D eigenvalue weighted by molar-refractivity contribution is 8.04. The number of phenols is 1. The topological polar surface area (TPSA) is 54.4 Å². The van der Waals surface area contributed by atoms with Crippen LogP contribution in [0.1, 0.15) is 20.7 Å². The lowest BCUT2D eigenvalue weighted by Crippen LogP contribution is -2.15. The van der Waals surface area contributed by atoms with Crippen LogP contribution in [0.25, 0.3) is 0 Å². The van der Waals surface area contributed by atoms with Gasteiger partial charge in [0.15, 0.2) is 5.78 Å². The molecule has 2 aromatic rings. The van der Waals surface area contributed by atoms with Crippen LogP contribution in [0.5, 0.6) is 5.75 Å². The van der Waals surface area contributed by atoms with Crippen molar-refractivity contribution in [2.24, 2.45) is 0 Å². The zero-order valence-corrected chi connectivity index (χ0v) is 12.2. The Labute approximate surface area is 130 Å². The summed E-state index contributed by atoms with van der Waals surface area (Å²) in [5, 5.41) is 10.3. The van der Waals surface area contributed by atoms with E-state index in [4.69, 9.17) is 11.6 Å². The number of thioether (sulfide) groups is 1. The molecule has 0 atom stereocenters. The fourth-order valence-corrected chi connectivity index (χ4v) is 3.10. The maximum absolute atomic E-state index is 12.4. The molecule has 1 N–H and O–H groups in total. The van der Waals surface area contributed by atoms with Crippen molar-refractivity contribution < 1.29 is 14.7 Å². The van der Waals surface area contributed by atoms with E-state index in [9.17, 15) is 14.7 Å². The molecule has 0 heterocycles. The van der Waals surface area contributed by atoms with E-state index in [1.54, 1.807) is 36.4 Å². The Balaban J connectivity index is 1.97. The second kappa shape index (κ2) is 5.39. The molecular formula is C16H9ClO3S. The van der Waals surface area contributed by atoms with Gasteiger partial charge in [0.25, 0.3) is 0 Å². The smallest absolute Gasteiger partial charge is 0.200 e. The molecule has 1 aliphatic carbocycles. The third kappa shape index (κ3) is 2.60. The maximum Gasteiger partial charge on any atom is 0.200 e. The van der Waals surface area contributed by atoms with Crippen LogP contribution < -0.4 is 0 Å². The Bertz CT molecular complexity index is 779. The predicted octanol–water partition coefficient (Wildman–Crippen LogP) is 4.10. The fraction of sp³-hybridized carbons (Fsp3) is 0. The summed E-state index contributed by atoms with van der Waals surface area (Å²) in [5.41, 5.74) is 0.307. The van der Waals surface area contributed by atoms with E-state index in [0.717, 1.165) is 4.90 Å². The lowest BCUT2D eigenvalue weighted by molar-refractivity contribution is 0.0989. The molecule has 104 valence electrons. The molecule has 0 spiro atoms. The van der Waals surface area contributed by atoms with Crippen LogP contribution in [-0.4, -0.2) is 16.7 Å². The molecule has 0 saturated carbocycles. The molecule has 0 unspecified atom stereocenters. The highest BCUT2D eigenvalue weighted by atomic mass is 35.5. The van der Waals surface area contributed by atoms with Crippen molar-refractivity contribution in [3.05, 3.63) is 69.6 Å². The summed E-state index contributed by atoms with van der Waals surface area (Å²) in [5.74, 6) is -0.794. The Morgan fingerprint density at radius 1 is 1.00 bits per heavy atom. The van der Waals surface area contributed by atoms with Gasteiger partial charge in [0.05, 0.1) is 10.5 Å². The van der Waals surface area contributed by atoms with Crippen LogP contribution in [-0.2, 0) is 0 Å². The van der Waals surface area contributed by atoms with E-state index < -0.39 is 0 Å². The predicted molar refractivity (Wildman–Crippen MR) is 82.2 cm³/mol. The number of hydrogen-bond donors (Lipinski definition) is 1. The van der Waals surface area contributed by atoms with Crippen LogP contribution in [0.3, 0.4) is 0 Å². The van der Waals surface area contributed by atoms with Gasteiger partial charge in [-0.2, -0.15) is 0 Å². The Morgan fingerprint density at radius 2 is 1.71 bits per heavy atom. The summed E-state index contributed by atoms with van der Waals surface area (Å²) < 4.78 is 0. The molecule has 0 saturated heterocycles. The van der Waals surface area contributed by atoms with Gasteiger partial charge < -0.3 is 5.11 Å². The minimum absolute atomic E-state index is 0.0722. The van der Waals surface area contributed by atoms with Gasteiger partial charge in [-0.05, 0) is 36.4 Å². The number of halogens is 1. The van der Waals surface area contributed by atoms with Crippen LogP contribution in [0.15, 0.2) is 58.3 Å². The Kier molecular flexibility index (Phi) is 3.57. The van der Waals surface area contributed by atoms with Crippen LogP contribution >= 0.6 is 23.4 Å². The van der Waals surface area contributed by atoms with Gasteiger partial charge in [-0.15, -0.1) is 0 Å². The molecule has 5 heteroatoms. The van der Waals surface area contributed by atoms with Gasteiger partial charge in [0, 0.05) is 21.6 Å². The summed E-state index contributed by atoms with van der Waals surface area (Å²) in [7, 11) is 0. The van der Waals surface area contributed by atoms with Crippen molar-refractivity contribution in [1.82, 2.24) is 0 Å². The molecule has 21 heavy (non-hydrogen) atoms. The first-order chi connectivity index (χ1) is 10.1. The molecule has 0 aromatic heterocycles. The number of Topliss-reactive ketones (excluding diaryl/α,β-unsaturated/α-hetero) is 1. The number of aromatic hydroxyl groups is 1. The van der Waals surface area contributed by atoms with Crippen molar-refractivity contribution >= 4 is 34.9 Å². The highest BCUT2D eigenvalue weighted by Crippen LogP contribution is 2.36. The van der Waals surface area contributed by atoms with E-state index in [1.807, 2.05) is 0 Å². The van der Waals surface area contributed by atoms with Gasteiger partial charge in [0.2, 0.25) is 5.78 Å². The zero-order valence-electron chi connectivity index (χ0n) is 10.7. The number of carbonyl (C=O) groups excluding carboxylic acids is 2. The van der Waals surface area contributed by atoms with E-state index in [-0.39, 0.29) is 28.4 Å². The lowest BCUT2D eigenvalue weighted by Gasteiger charge is -2.15. The van der Waals surface area contributed by atoms with E-state index in [0.29, 0.717) is 9.93 Å².